The Morgan fingerprint density at radius 3 is 2.71 bits per heavy atom. The highest BCUT2D eigenvalue weighted by molar-refractivity contribution is 7.91. The fraction of sp³-hybridized carbons (Fsp3) is 0.875. The Labute approximate surface area is 83.4 Å². The summed E-state index contributed by atoms with van der Waals surface area (Å²) in [6.07, 6.45) is 1.19. The smallest absolute Gasteiger partial charge is 0.220 e. The van der Waals surface area contributed by atoms with E-state index in [2.05, 4.69) is 5.32 Å². The van der Waals surface area contributed by atoms with Gasteiger partial charge in [0.2, 0.25) is 5.91 Å². The molecule has 1 aliphatic rings. The first-order valence-electron chi connectivity index (χ1n) is 4.64. The van der Waals surface area contributed by atoms with Crippen LogP contribution in [0.4, 0.5) is 0 Å². The molecule has 0 aromatic rings. The van der Waals surface area contributed by atoms with E-state index in [1.54, 1.807) is 0 Å². The third-order valence-electron chi connectivity index (χ3n) is 2.16. The number of carbonyl (C=O) groups is 1. The lowest BCUT2D eigenvalue weighted by Crippen LogP contribution is -2.35. The topological polar surface area (TPSA) is 83.5 Å². The van der Waals surface area contributed by atoms with Crippen LogP contribution in [0.15, 0.2) is 0 Å². The van der Waals surface area contributed by atoms with E-state index in [0.717, 1.165) is 0 Å². The van der Waals surface area contributed by atoms with Gasteiger partial charge >= 0.3 is 0 Å². The standard InChI is InChI=1S/C8H15NO4S/c10-4-1-2-8(11)9-7-3-5-14(12,13)6-7/h7,10H,1-6H2,(H,9,11). The van der Waals surface area contributed by atoms with Gasteiger partial charge in [-0.3, -0.25) is 4.79 Å². The van der Waals surface area contributed by atoms with Crippen LogP contribution in [0.1, 0.15) is 19.3 Å². The predicted octanol–water partition coefficient (Wildman–Crippen LogP) is -0.938. The van der Waals surface area contributed by atoms with Gasteiger partial charge in [0.25, 0.3) is 0 Å². The minimum absolute atomic E-state index is 0.0175. The van der Waals surface area contributed by atoms with Gasteiger partial charge in [-0.05, 0) is 12.8 Å². The molecule has 1 aliphatic heterocycles. The van der Waals surface area contributed by atoms with Crippen molar-refractivity contribution >= 4 is 15.7 Å². The van der Waals surface area contributed by atoms with Crippen LogP contribution in [0, 0.1) is 0 Å². The molecule has 0 saturated carbocycles. The molecule has 82 valence electrons. The van der Waals surface area contributed by atoms with Gasteiger partial charge in [0.1, 0.15) is 0 Å². The maximum atomic E-state index is 11.2. The zero-order valence-corrected chi connectivity index (χ0v) is 8.72. The molecule has 5 nitrogen and oxygen atoms in total. The fourth-order valence-electron chi connectivity index (χ4n) is 1.45. The third kappa shape index (κ3) is 3.63. The Bertz CT molecular complexity index is 298. The van der Waals surface area contributed by atoms with Gasteiger partial charge in [-0.25, -0.2) is 8.42 Å². The van der Waals surface area contributed by atoms with Crippen molar-refractivity contribution in [3.63, 3.8) is 0 Å². The van der Waals surface area contributed by atoms with E-state index < -0.39 is 9.84 Å². The Kier molecular flexibility index (Phi) is 3.88. The van der Waals surface area contributed by atoms with Crippen LogP contribution in [0.25, 0.3) is 0 Å². The molecule has 6 heteroatoms. The average molecular weight is 221 g/mol. The molecule has 1 rings (SSSR count). The monoisotopic (exact) mass is 221 g/mol. The molecular weight excluding hydrogens is 206 g/mol. The number of hydrogen-bond donors (Lipinski definition) is 2. The molecular formula is C8H15NO4S. The van der Waals surface area contributed by atoms with Crippen LogP contribution in [-0.2, 0) is 14.6 Å². The number of rotatable bonds is 4. The van der Waals surface area contributed by atoms with Crippen molar-refractivity contribution in [2.75, 3.05) is 18.1 Å². The molecule has 0 spiro atoms. The Morgan fingerprint density at radius 1 is 1.50 bits per heavy atom. The molecule has 14 heavy (non-hydrogen) atoms. The first kappa shape index (κ1) is 11.5. The van der Waals surface area contributed by atoms with E-state index in [1.807, 2.05) is 0 Å². The summed E-state index contributed by atoms with van der Waals surface area (Å²) >= 11 is 0. The summed E-state index contributed by atoms with van der Waals surface area (Å²) in [6.45, 7) is -0.0175. The van der Waals surface area contributed by atoms with Crippen LogP contribution >= 0.6 is 0 Å². The Morgan fingerprint density at radius 2 is 2.21 bits per heavy atom. The van der Waals surface area contributed by atoms with Gasteiger partial charge in [0.05, 0.1) is 11.5 Å². The van der Waals surface area contributed by atoms with Crippen molar-refractivity contribution in [2.24, 2.45) is 0 Å². The number of aliphatic hydroxyl groups is 1. The predicted molar refractivity (Wildman–Crippen MR) is 51.5 cm³/mol. The van der Waals surface area contributed by atoms with E-state index in [0.29, 0.717) is 12.8 Å². The highest BCUT2D eigenvalue weighted by atomic mass is 32.2. The van der Waals surface area contributed by atoms with Gasteiger partial charge in [-0.15, -0.1) is 0 Å². The number of hydrogen-bond acceptors (Lipinski definition) is 4. The van der Waals surface area contributed by atoms with Gasteiger partial charge < -0.3 is 10.4 Å². The Hall–Kier alpha value is -0.620. The van der Waals surface area contributed by atoms with E-state index in [1.165, 1.54) is 0 Å². The van der Waals surface area contributed by atoms with Crippen LogP contribution in [0.3, 0.4) is 0 Å². The van der Waals surface area contributed by atoms with Crippen molar-refractivity contribution in [1.29, 1.82) is 0 Å². The van der Waals surface area contributed by atoms with Crippen molar-refractivity contribution in [2.45, 2.75) is 25.3 Å². The second-order valence-corrected chi connectivity index (χ2v) is 5.72. The van der Waals surface area contributed by atoms with E-state index in [9.17, 15) is 13.2 Å². The molecule has 0 aromatic heterocycles. The average Bonchev–Trinajstić information content (AvgIpc) is 2.42. The highest BCUT2D eigenvalue weighted by Gasteiger charge is 2.28. The van der Waals surface area contributed by atoms with Crippen LogP contribution in [0.5, 0.6) is 0 Å². The SMILES string of the molecule is O=C(CCCO)NC1CCS(=O)(=O)C1. The van der Waals surface area contributed by atoms with Crippen molar-refractivity contribution in [1.82, 2.24) is 5.32 Å². The lowest BCUT2D eigenvalue weighted by atomic mass is 10.2. The molecule has 1 heterocycles. The van der Waals surface area contributed by atoms with Crippen molar-refractivity contribution in [3.8, 4) is 0 Å². The normalized spacial score (nSPS) is 24.8. The lowest BCUT2D eigenvalue weighted by molar-refractivity contribution is -0.121. The molecule has 1 saturated heterocycles. The first-order valence-corrected chi connectivity index (χ1v) is 6.46. The second-order valence-electron chi connectivity index (χ2n) is 3.49. The van der Waals surface area contributed by atoms with Gasteiger partial charge in [-0.2, -0.15) is 0 Å². The summed E-state index contributed by atoms with van der Waals surface area (Å²) in [4.78, 5) is 11.2. The maximum absolute atomic E-state index is 11.2. The van der Waals surface area contributed by atoms with Crippen molar-refractivity contribution < 1.29 is 18.3 Å². The summed E-state index contributed by atoms with van der Waals surface area (Å²) in [5.74, 6) is 0.0386. The maximum Gasteiger partial charge on any atom is 0.220 e. The lowest BCUT2D eigenvalue weighted by Gasteiger charge is -2.09. The summed E-state index contributed by atoms with van der Waals surface area (Å²) in [6, 6.07) is -0.230. The number of carbonyl (C=O) groups excluding carboxylic acids is 1. The van der Waals surface area contributed by atoms with E-state index >= 15 is 0 Å². The van der Waals surface area contributed by atoms with Gasteiger partial charge in [0, 0.05) is 19.1 Å². The van der Waals surface area contributed by atoms with Crippen LogP contribution < -0.4 is 5.32 Å². The van der Waals surface area contributed by atoms with Gasteiger partial charge in [0.15, 0.2) is 9.84 Å². The largest absolute Gasteiger partial charge is 0.396 e. The van der Waals surface area contributed by atoms with E-state index in [4.69, 9.17) is 5.11 Å². The molecule has 0 bridgehead atoms. The highest BCUT2D eigenvalue weighted by Crippen LogP contribution is 2.11. The fourth-order valence-corrected chi connectivity index (χ4v) is 3.12. The molecule has 0 radical (unpaired) electrons. The first-order chi connectivity index (χ1) is 6.53. The zero-order chi connectivity index (χ0) is 10.6. The summed E-state index contributed by atoms with van der Waals surface area (Å²) in [5.41, 5.74) is 0. The van der Waals surface area contributed by atoms with Gasteiger partial charge in [-0.1, -0.05) is 0 Å². The summed E-state index contributed by atoms with van der Waals surface area (Å²) in [5, 5.41) is 11.1. The molecule has 1 fully saturated rings. The molecule has 0 aliphatic carbocycles. The Balaban J connectivity index is 2.29. The van der Waals surface area contributed by atoms with Crippen LogP contribution in [-0.4, -0.2) is 43.6 Å². The summed E-state index contributed by atoms with van der Waals surface area (Å²) in [7, 11) is -2.93. The molecule has 0 aromatic carbocycles. The third-order valence-corrected chi connectivity index (χ3v) is 3.93. The molecule has 1 unspecified atom stereocenters. The number of aliphatic hydroxyl groups excluding tert-OH is 1. The van der Waals surface area contributed by atoms with E-state index in [-0.39, 0.29) is 36.5 Å². The number of amides is 1. The second kappa shape index (κ2) is 4.75. The molecule has 1 amide bonds. The number of sulfone groups is 1. The van der Waals surface area contributed by atoms with Crippen molar-refractivity contribution in [3.05, 3.63) is 0 Å². The number of nitrogens with one attached hydrogen (secondary N) is 1. The zero-order valence-electron chi connectivity index (χ0n) is 7.90. The quantitative estimate of drug-likeness (QED) is 0.642. The van der Waals surface area contributed by atoms with Crippen LogP contribution in [0.2, 0.25) is 0 Å². The minimum atomic E-state index is -2.93. The molecule has 1 atom stereocenters. The molecule has 2 N–H and O–H groups in total. The minimum Gasteiger partial charge on any atom is -0.396 e. The summed E-state index contributed by atoms with van der Waals surface area (Å²) < 4.78 is 22.1.